The fourth-order valence-electron chi connectivity index (χ4n) is 1.50. The Kier molecular flexibility index (Phi) is 5.91. The van der Waals surface area contributed by atoms with Crippen LogP contribution in [0.3, 0.4) is 0 Å². The minimum atomic E-state index is -0.380. The van der Waals surface area contributed by atoms with Gasteiger partial charge in [0.1, 0.15) is 5.82 Å². The van der Waals surface area contributed by atoms with Crippen molar-refractivity contribution in [1.82, 2.24) is 4.98 Å². The summed E-state index contributed by atoms with van der Waals surface area (Å²) >= 11 is 2.55. The zero-order chi connectivity index (χ0) is 15.9. The average molecular weight is 340 g/mol. The summed E-state index contributed by atoms with van der Waals surface area (Å²) < 4.78 is 17.3. The van der Waals surface area contributed by atoms with Crippen LogP contribution < -0.4 is 5.32 Å². The standard InChI is InChI=1S/C14H13FN2O3S2/c1-20-13(19)6-10-7-22-14(16-10)17-12(18)8-21-11-4-2-9(15)3-5-11/h2-5,7H,6,8H2,1H3,(H,16,17,18). The van der Waals surface area contributed by atoms with E-state index >= 15 is 0 Å². The van der Waals surface area contributed by atoms with Crippen LogP contribution >= 0.6 is 23.1 Å². The minimum absolute atomic E-state index is 0.0766. The smallest absolute Gasteiger partial charge is 0.311 e. The molecule has 0 aliphatic heterocycles. The van der Waals surface area contributed by atoms with Gasteiger partial charge in [-0.1, -0.05) is 0 Å². The summed E-state index contributed by atoms with van der Waals surface area (Å²) in [6, 6.07) is 5.93. The van der Waals surface area contributed by atoms with Crippen molar-refractivity contribution in [1.29, 1.82) is 0 Å². The Morgan fingerprint density at radius 2 is 2.09 bits per heavy atom. The second kappa shape index (κ2) is 7.90. The first kappa shape index (κ1) is 16.4. The van der Waals surface area contributed by atoms with E-state index in [2.05, 4.69) is 15.0 Å². The SMILES string of the molecule is COC(=O)Cc1csc(NC(=O)CSc2ccc(F)cc2)n1. The van der Waals surface area contributed by atoms with E-state index in [1.165, 1.54) is 42.3 Å². The number of methoxy groups -OCH3 is 1. The fraction of sp³-hybridized carbons (Fsp3) is 0.214. The summed E-state index contributed by atoms with van der Waals surface area (Å²) in [7, 11) is 1.31. The molecule has 0 spiro atoms. The lowest BCUT2D eigenvalue weighted by molar-refractivity contribution is -0.139. The Hall–Kier alpha value is -1.93. The molecule has 1 aromatic heterocycles. The third-order valence-electron chi connectivity index (χ3n) is 2.53. The van der Waals surface area contributed by atoms with Crippen molar-refractivity contribution < 1.29 is 18.7 Å². The summed E-state index contributed by atoms with van der Waals surface area (Å²) in [6.45, 7) is 0. The number of nitrogens with one attached hydrogen (secondary N) is 1. The first-order valence-corrected chi connectivity index (χ1v) is 8.13. The summed E-state index contributed by atoms with van der Waals surface area (Å²) in [6.07, 6.45) is 0.0766. The molecule has 22 heavy (non-hydrogen) atoms. The lowest BCUT2D eigenvalue weighted by atomic mass is 10.3. The molecule has 0 aliphatic rings. The largest absolute Gasteiger partial charge is 0.469 e. The van der Waals surface area contributed by atoms with Gasteiger partial charge in [-0.2, -0.15) is 0 Å². The van der Waals surface area contributed by atoms with Crippen molar-refractivity contribution in [3.8, 4) is 0 Å². The van der Waals surface area contributed by atoms with E-state index in [-0.39, 0.29) is 29.9 Å². The molecule has 0 unspecified atom stereocenters. The van der Waals surface area contributed by atoms with E-state index in [1.54, 1.807) is 17.5 Å². The van der Waals surface area contributed by atoms with Gasteiger partial charge >= 0.3 is 5.97 Å². The van der Waals surface area contributed by atoms with Crippen molar-refractivity contribution in [3.05, 3.63) is 41.2 Å². The highest BCUT2D eigenvalue weighted by molar-refractivity contribution is 8.00. The van der Waals surface area contributed by atoms with Gasteiger partial charge in [-0.25, -0.2) is 9.37 Å². The van der Waals surface area contributed by atoms with Gasteiger partial charge in [-0.15, -0.1) is 23.1 Å². The number of aromatic nitrogens is 1. The number of hydrogen-bond acceptors (Lipinski definition) is 6. The topological polar surface area (TPSA) is 68.3 Å². The first-order chi connectivity index (χ1) is 10.6. The second-order valence-corrected chi connectivity index (χ2v) is 6.09. The van der Waals surface area contributed by atoms with E-state index < -0.39 is 0 Å². The van der Waals surface area contributed by atoms with Gasteiger partial charge < -0.3 is 10.1 Å². The number of benzene rings is 1. The molecule has 0 radical (unpaired) electrons. The van der Waals surface area contributed by atoms with Crippen LogP contribution in [0.1, 0.15) is 5.69 Å². The number of anilines is 1. The molecule has 1 aromatic carbocycles. The predicted molar refractivity (Wildman–Crippen MR) is 83.6 cm³/mol. The van der Waals surface area contributed by atoms with Gasteiger partial charge in [-0.3, -0.25) is 9.59 Å². The quantitative estimate of drug-likeness (QED) is 0.647. The summed E-state index contributed by atoms with van der Waals surface area (Å²) in [4.78, 5) is 27.9. The van der Waals surface area contributed by atoms with Crippen LogP contribution in [-0.4, -0.2) is 29.7 Å². The average Bonchev–Trinajstić information content (AvgIpc) is 2.93. The molecule has 2 aromatic rings. The summed E-state index contributed by atoms with van der Waals surface area (Å²) in [5, 5.41) is 4.78. The second-order valence-electron chi connectivity index (χ2n) is 4.19. The highest BCUT2D eigenvalue weighted by atomic mass is 32.2. The van der Waals surface area contributed by atoms with Gasteiger partial charge in [-0.05, 0) is 24.3 Å². The summed E-state index contributed by atoms with van der Waals surface area (Å²) in [5.74, 6) is -0.713. The van der Waals surface area contributed by atoms with E-state index in [4.69, 9.17) is 0 Å². The molecule has 0 saturated heterocycles. The van der Waals surface area contributed by atoms with E-state index in [0.29, 0.717) is 10.8 Å². The molecule has 0 saturated carbocycles. The van der Waals surface area contributed by atoms with Gasteiger partial charge in [0.2, 0.25) is 5.91 Å². The molecule has 5 nitrogen and oxygen atoms in total. The Bertz CT molecular complexity index is 658. The van der Waals surface area contributed by atoms with Crippen LogP contribution in [0.4, 0.5) is 9.52 Å². The monoisotopic (exact) mass is 340 g/mol. The molecule has 0 fully saturated rings. The molecular weight excluding hydrogens is 327 g/mol. The molecule has 1 heterocycles. The number of rotatable bonds is 6. The van der Waals surface area contributed by atoms with Crippen molar-refractivity contribution in [3.63, 3.8) is 0 Å². The van der Waals surface area contributed by atoms with Crippen LogP contribution in [0, 0.1) is 5.82 Å². The predicted octanol–water partition coefficient (Wildman–Crippen LogP) is 2.73. The summed E-state index contributed by atoms with van der Waals surface area (Å²) in [5.41, 5.74) is 0.554. The third kappa shape index (κ3) is 5.12. The minimum Gasteiger partial charge on any atom is -0.469 e. The molecule has 2 rings (SSSR count). The first-order valence-electron chi connectivity index (χ1n) is 6.26. The van der Waals surface area contributed by atoms with Crippen LogP contribution in [0.5, 0.6) is 0 Å². The number of ether oxygens (including phenoxy) is 1. The maximum Gasteiger partial charge on any atom is 0.311 e. The number of thioether (sulfide) groups is 1. The Morgan fingerprint density at radius 3 is 2.77 bits per heavy atom. The third-order valence-corrected chi connectivity index (χ3v) is 4.35. The van der Waals surface area contributed by atoms with Crippen LogP contribution in [-0.2, 0) is 20.7 Å². The van der Waals surface area contributed by atoms with Crippen molar-refractivity contribution >= 4 is 40.1 Å². The van der Waals surface area contributed by atoms with Gasteiger partial charge in [0.25, 0.3) is 0 Å². The lowest BCUT2D eigenvalue weighted by Crippen LogP contribution is -2.14. The number of carbonyl (C=O) groups excluding carboxylic acids is 2. The zero-order valence-corrected chi connectivity index (χ0v) is 13.3. The van der Waals surface area contributed by atoms with Crippen LogP contribution in [0.2, 0.25) is 0 Å². The normalized spacial score (nSPS) is 10.3. The molecule has 1 amide bonds. The molecule has 116 valence electrons. The van der Waals surface area contributed by atoms with Crippen LogP contribution in [0.25, 0.3) is 0 Å². The number of amides is 1. The molecule has 0 atom stereocenters. The van der Waals surface area contributed by atoms with Crippen molar-refractivity contribution in [2.75, 3.05) is 18.2 Å². The Balaban J connectivity index is 1.81. The Labute approximate surface area is 134 Å². The van der Waals surface area contributed by atoms with E-state index in [9.17, 15) is 14.0 Å². The van der Waals surface area contributed by atoms with E-state index in [0.717, 1.165) is 4.90 Å². The molecule has 8 heteroatoms. The lowest BCUT2D eigenvalue weighted by Gasteiger charge is -2.02. The maximum absolute atomic E-state index is 12.8. The van der Waals surface area contributed by atoms with Crippen molar-refractivity contribution in [2.24, 2.45) is 0 Å². The molecule has 1 N–H and O–H groups in total. The molecule has 0 bridgehead atoms. The fourth-order valence-corrected chi connectivity index (χ4v) is 2.93. The number of esters is 1. The van der Waals surface area contributed by atoms with Gasteiger partial charge in [0.15, 0.2) is 5.13 Å². The number of thiazole rings is 1. The number of carbonyl (C=O) groups is 2. The molecule has 0 aliphatic carbocycles. The molecular formula is C14H13FN2O3S2. The highest BCUT2D eigenvalue weighted by Gasteiger charge is 2.10. The van der Waals surface area contributed by atoms with Gasteiger partial charge in [0, 0.05) is 10.3 Å². The number of hydrogen-bond donors (Lipinski definition) is 1. The van der Waals surface area contributed by atoms with E-state index in [1.807, 2.05) is 0 Å². The number of nitrogens with zero attached hydrogens (tertiary/aromatic N) is 1. The zero-order valence-electron chi connectivity index (χ0n) is 11.7. The van der Waals surface area contributed by atoms with Gasteiger partial charge in [0.05, 0.1) is 25.0 Å². The maximum atomic E-state index is 12.8. The highest BCUT2D eigenvalue weighted by Crippen LogP contribution is 2.20. The Morgan fingerprint density at radius 1 is 1.36 bits per heavy atom. The number of halogens is 1. The van der Waals surface area contributed by atoms with Crippen LogP contribution in [0.15, 0.2) is 34.5 Å². The van der Waals surface area contributed by atoms with Crippen molar-refractivity contribution in [2.45, 2.75) is 11.3 Å².